The first-order valence-electron chi connectivity index (χ1n) is 6.55. The molecule has 0 aliphatic heterocycles. The van der Waals surface area contributed by atoms with Gasteiger partial charge in [-0.15, -0.1) is 35.7 Å². The Morgan fingerprint density at radius 3 is 2.65 bits per heavy atom. The third-order valence-corrected chi connectivity index (χ3v) is 3.33. The van der Waals surface area contributed by atoms with Gasteiger partial charge >= 0.3 is 0 Å². The molecule has 20 heavy (non-hydrogen) atoms. The standard InChI is InChI=1S/C14H23N3OS.HI/c1-3-15-14(16-9-11-18-2)17-10-12-19-13-7-5-4-6-8-13;/h4-8H,3,9-12H2,1-2H3,(H2,15,16,17);1H. The molecule has 1 aromatic rings. The highest BCUT2D eigenvalue weighted by Gasteiger charge is 1.97. The Labute approximate surface area is 143 Å². The van der Waals surface area contributed by atoms with Crippen LogP contribution in [0.2, 0.25) is 0 Å². The van der Waals surface area contributed by atoms with Crippen LogP contribution in [-0.2, 0) is 4.74 Å². The van der Waals surface area contributed by atoms with Gasteiger partial charge in [-0.25, -0.2) is 0 Å². The summed E-state index contributed by atoms with van der Waals surface area (Å²) in [5.74, 6) is 1.87. The molecular weight excluding hydrogens is 385 g/mol. The van der Waals surface area contributed by atoms with Gasteiger partial charge in [-0.05, 0) is 19.1 Å². The molecule has 0 heterocycles. The van der Waals surface area contributed by atoms with Crippen molar-refractivity contribution >= 4 is 41.7 Å². The third kappa shape index (κ3) is 9.44. The van der Waals surface area contributed by atoms with E-state index in [0.717, 1.165) is 24.8 Å². The number of guanidine groups is 1. The minimum Gasteiger partial charge on any atom is -0.383 e. The van der Waals surface area contributed by atoms with Gasteiger partial charge in [-0.2, -0.15) is 0 Å². The van der Waals surface area contributed by atoms with Crippen molar-refractivity contribution in [1.29, 1.82) is 0 Å². The molecule has 0 saturated heterocycles. The molecule has 2 N–H and O–H groups in total. The molecule has 0 atom stereocenters. The van der Waals surface area contributed by atoms with Gasteiger partial charge in [0.1, 0.15) is 0 Å². The summed E-state index contributed by atoms with van der Waals surface area (Å²) in [7, 11) is 1.69. The maximum atomic E-state index is 4.99. The van der Waals surface area contributed by atoms with Crippen LogP contribution in [0.1, 0.15) is 6.92 Å². The van der Waals surface area contributed by atoms with E-state index in [0.29, 0.717) is 13.2 Å². The summed E-state index contributed by atoms with van der Waals surface area (Å²) in [6.45, 7) is 5.14. The van der Waals surface area contributed by atoms with E-state index in [1.54, 1.807) is 7.11 Å². The number of hydrogen-bond donors (Lipinski definition) is 2. The molecule has 4 nitrogen and oxygen atoms in total. The van der Waals surface area contributed by atoms with E-state index in [2.05, 4.69) is 46.8 Å². The maximum absolute atomic E-state index is 4.99. The van der Waals surface area contributed by atoms with Gasteiger partial charge in [-0.3, -0.25) is 4.99 Å². The van der Waals surface area contributed by atoms with Crippen LogP contribution in [0.4, 0.5) is 0 Å². The first kappa shape index (κ1) is 19.5. The minimum absolute atomic E-state index is 0. The van der Waals surface area contributed by atoms with Gasteiger partial charge in [0.15, 0.2) is 5.96 Å². The van der Waals surface area contributed by atoms with Crippen molar-refractivity contribution in [1.82, 2.24) is 10.6 Å². The topological polar surface area (TPSA) is 45.7 Å². The minimum atomic E-state index is 0. The first-order chi connectivity index (χ1) is 9.36. The summed E-state index contributed by atoms with van der Waals surface area (Å²) in [6.07, 6.45) is 0. The van der Waals surface area contributed by atoms with Gasteiger partial charge in [0, 0.05) is 30.8 Å². The number of aliphatic imine (C=N–C) groups is 1. The number of hydrogen-bond acceptors (Lipinski definition) is 3. The Bertz CT molecular complexity index is 363. The number of halogens is 1. The Morgan fingerprint density at radius 1 is 1.25 bits per heavy atom. The summed E-state index contributed by atoms with van der Waals surface area (Å²) >= 11 is 1.84. The normalized spacial score (nSPS) is 10.8. The number of rotatable bonds is 8. The van der Waals surface area contributed by atoms with E-state index in [9.17, 15) is 0 Å². The van der Waals surface area contributed by atoms with E-state index < -0.39 is 0 Å². The second-order valence-electron chi connectivity index (χ2n) is 3.84. The average Bonchev–Trinajstić information content (AvgIpc) is 2.45. The Balaban J connectivity index is 0.00000361. The molecule has 0 aliphatic carbocycles. The fraction of sp³-hybridized carbons (Fsp3) is 0.500. The lowest BCUT2D eigenvalue weighted by Gasteiger charge is -2.10. The summed E-state index contributed by atoms with van der Waals surface area (Å²) in [4.78, 5) is 5.70. The number of ether oxygens (including phenoxy) is 1. The largest absolute Gasteiger partial charge is 0.383 e. The Kier molecular flexibility index (Phi) is 13.2. The predicted octanol–water partition coefficient (Wildman–Crippen LogP) is 2.60. The van der Waals surface area contributed by atoms with Crippen molar-refractivity contribution in [2.24, 2.45) is 4.99 Å². The van der Waals surface area contributed by atoms with Crippen molar-refractivity contribution < 1.29 is 4.74 Å². The third-order valence-electron chi connectivity index (χ3n) is 2.32. The van der Waals surface area contributed by atoms with Crippen LogP contribution < -0.4 is 10.6 Å². The zero-order valence-electron chi connectivity index (χ0n) is 12.1. The molecule has 0 aromatic heterocycles. The SMILES string of the molecule is CCNC(=NCCOC)NCCSc1ccccc1.I. The second kappa shape index (κ2) is 13.5. The first-order valence-corrected chi connectivity index (χ1v) is 7.54. The smallest absolute Gasteiger partial charge is 0.191 e. The molecule has 0 bridgehead atoms. The zero-order valence-corrected chi connectivity index (χ0v) is 15.2. The molecule has 0 amide bonds. The van der Waals surface area contributed by atoms with E-state index in [-0.39, 0.29) is 24.0 Å². The van der Waals surface area contributed by atoms with Crippen LogP contribution in [0, 0.1) is 0 Å². The van der Waals surface area contributed by atoms with Crippen molar-refractivity contribution in [2.45, 2.75) is 11.8 Å². The molecule has 0 aliphatic rings. The fourth-order valence-corrected chi connectivity index (χ4v) is 2.23. The number of methoxy groups -OCH3 is 1. The highest BCUT2D eigenvalue weighted by molar-refractivity contribution is 14.0. The van der Waals surface area contributed by atoms with Crippen LogP contribution in [0.3, 0.4) is 0 Å². The fourth-order valence-electron chi connectivity index (χ4n) is 1.45. The van der Waals surface area contributed by atoms with Crippen LogP contribution in [0.5, 0.6) is 0 Å². The van der Waals surface area contributed by atoms with Crippen molar-refractivity contribution in [2.75, 3.05) is 39.1 Å². The van der Waals surface area contributed by atoms with E-state index in [4.69, 9.17) is 4.74 Å². The predicted molar refractivity (Wildman–Crippen MR) is 98.4 cm³/mol. The summed E-state index contributed by atoms with van der Waals surface area (Å²) < 4.78 is 4.99. The number of thioether (sulfide) groups is 1. The van der Waals surface area contributed by atoms with E-state index in [1.165, 1.54) is 4.90 Å². The molecule has 0 radical (unpaired) electrons. The number of benzene rings is 1. The van der Waals surface area contributed by atoms with Gasteiger partial charge in [0.2, 0.25) is 0 Å². The molecule has 1 rings (SSSR count). The van der Waals surface area contributed by atoms with Crippen molar-refractivity contribution in [3.63, 3.8) is 0 Å². The lowest BCUT2D eigenvalue weighted by molar-refractivity contribution is 0.208. The molecule has 1 aromatic carbocycles. The van der Waals surface area contributed by atoms with Gasteiger partial charge < -0.3 is 15.4 Å². The van der Waals surface area contributed by atoms with Crippen LogP contribution in [0.25, 0.3) is 0 Å². The molecule has 6 heteroatoms. The van der Waals surface area contributed by atoms with E-state index in [1.807, 2.05) is 17.8 Å². The molecule has 0 saturated carbocycles. The van der Waals surface area contributed by atoms with Crippen LogP contribution in [-0.4, -0.2) is 45.1 Å². The van der Waals surface area contributed by atoms with Gasteiger partial charge in [0.25, 0.3) is 0 Å². The lowest BCUT2D eigenvalue weighted by Crippen LogP contribution is -2.38. The molecule has 0 spiro atoms. The molecule has 0 unspecified atom stereocenters. The Hall–Kier alpha value is -0.470. The highest BCUT2D eigenvalue weighted by Crippen LogP contribution is 2.15. The summed E-state index contributed by atoms with van der Waals surface area (Å²) in [6, 6.07) is 10.4. The van der Waals surface area contributed by atoms with Gasteiger partial charge in [-0.1, -0.05) is 18.2 Å². The Morgan fingerprint density at radius 2 is 2.00 bits per heavy atom. The average molecular weight is 409 g/mol. The van der Waals surface area contributed by atoms with Crippen LogP contribution in [0.15, 0.2) is 40.2 Å². The second-order valence-corrected chi connectivity index (χ2v) is 5.01. The summed E-state index contributed by atoms with van der Waals surface area (Å²) in [5.41, 5.74) is 0. The van der Waals surface area contributed by atoms with Crippen LogP contribution >= 0.6 is 35.7 Å². The molecular formula is C14H24IN3OS. The van der Waals surface area contributed by atoms with Crippen molar-refractivity contribution in [3.8, 4) is 0 Å². The lowest BCUT2D eigenvalue weighted by atomic mass is 10.4. The number of nitrogens with one attached hydrogen (secondary N) is 2. The summed E-state index contributed by atoms with van der Waals surface area (Å²) in [5, 5.41) is 6.53. The maximum Gasteiger partial charge on any atom is 0.191 e. The molecule has 114 valence electrons. The number of nitrogens with zero attached hydrogens (tertiary/aromatic N) is 1. The highest BCUT2D eigenvalue weighted by atomic mass is 127. The monoisotopic (exact) mass is 409 g/mol. The van der Waals surface area contributed by atoms with Crippen molar-refractivity contribution in [3.05, 3.63) is 30.3 Å². The molecule has 0 fully saturated rings. The quantitative estimate of drug-likeness (QED) is 0.228. The zero-order chi connectivity index (χ0) is 13.8. The van der Waals surface area contributed by atoms with Gasteiger partial charge in [0.05, 0.1) is 13.2 Å². The van der Waals surface area contributed by atoms with E-state index >= 15 is 0 Å².